The van der Waals surface area contributed by atoms with E-state index in [1.54, 1.807) is 36.4 Å². The zero-order valence-electron chi connectivity index (χ0n) is 19.5. The van der Waals surface area contributed by atoms with Gasteiger partial charge in [0.2, 0.25) is 0 Å². The molecule has 0 aliphatic carbocycles. The first-order chi connectivity index (χ1) is 15.7. The summed E-state index contributed by atoms with van der Waals surface area (Å²) in [7, 11) is 3.03. The summed E-state index contributed by atoms with van der Waals surface area (Å²) in [4.78, 5) is 0. The van der Waals surface area contributed by atoms with Gasteiger partial charge in [0.05, 0.1) is 10.0 Å². The monoisotopic (exact) mass is 626 g/mol. The molecule has 14 heteroatoms. The lowest BCUT2D eigenvalue weighted by atomic mass is 10.3. The summed E-state index contributed by atoms with van der Waals surface area (Å²) in [5.74, 6) is 0.934. The quantitative estimate of drug-likeness (QED) is 0.254. The molecule has 0 fully saturated rings. The van der Waals surface area contributed by atoms with Gasteiger partial charge >= 0.3 is 13.3 Å². The second kappa shape index (κ2) is 14.9. The van der Waals surface area contributed by atoms with E-state index in [-0.39, 0.29) is 12.1 Å². The van der Waals surface area contributed by atoms with Gasteiger partial charge in [0.25, 0.3) is 0 Å². The van der Waals surface area contributed by atoms with Crippen molar-refractivity contribution in [3.05, 3.63) is 56.5 Å². The molecule has 2 unspecified atom stereocenters. The number of hydrogen-bond donors (Lipinski definition) is 2. The molecular formula is C20H28Cl4N2O4P2S2. The molecule has 0 bridgehead atoms. The Balaban J connectivity index is 0.000000340. The minimum atomic E-state index is -2.56. The maximum atomic E-state index is 6.01. The van der Waals surface area contributed by atoms with Crippen molar-refractivity contribution in [3.8, 4) is 11.5 Å². The fourth-order valence-corrected chi connectivity index (χ4v) is 7.54. The van der Waals surface area contributed by atoms with Crippen molar-refractivity contribution >= 4 is 83.3 Å². The number of benzene rings is 2. The van der Waals surface area contributed by atoms with Crippen LogP contribution in [0.4, 0.5) is 0 Å². The third-order valence-electron chi connectivity index (χ3n) is 3.54. The first kappa shape index (κ1) is 32.4. The van der Waals surface area contributed by atoms with Gasteiger partial charge in [0.1, 0.15) is 11.5 Å². The van der Waals surface area contributed by atoms with E-state index < -0.39 is 13.3 Å². The van der Waals surface area contributed by atoms with Crippen LogP contribution < -0.4 is 19.2 Å². The number of rotatable bonds is 10. The molecule has 2 aromatic carbocycles. The van der Waals surface area contributed by atoms with E-state index in [1.165, 1.54) is 14.2 Å². The summed E-state index contributed by atoms with van der Waals surface area (Å²) >= 11 is 34.3. The van der Waals surface area contributed by atoms with E-state index in [9.17, 15) is 0 Å². The number of halogens is 4. The van der Waals surface area contributed by atoms with Crippen LogP contribution in [0.3, 0.4) is 0 Å². The summed E-state index contributed by atoms with van der Waals surface area (Å²) in [5.41, 5.74) is 0. The minimum Gasteiger partial charge on any atom is -0.431 e. The van der Waals surface area contributed by atoms with Crippen LogP contribution >= 0.6 is 59.7 Å². The van der Waals surface area contributed by atoms with Gasteiger partial charge in [0, 0.05) is 36.3 Å². The third-order valence-corrected chi connectivity index (χ3v) is 10.1. The van der Waals surface area contributed by atoms with Gasteiger partial charge in [-0.1, -0.05) is 46.4 Å². The Morgan fingerprint density at radius 2 is 1.00 bits per heavy atom. The van der Waals surface area contributed by atoms with Crippen molar-refractivity contribution in [2.45, 2.75) is 39.8 Å². The molecule has 0 aliphatic rings. The maximum Gasteiger partial charge on any atom is 0.312 e. The molecule has 0 amide bonds. The molecule has 0 aromatic heterocycles. The van der Waals surface area contributed by atoms with Gasteiger partial charge in [-0.25, -0.2) is 10.2 Å². The first-order valence-electron chi connectivity index (χ1n) is 9.89. The standard InChI is InChI=1S/2C10H14Cl2NO2PS/c2*1-7(2)13-16(17,14-3)15-10-5-4-8(11)6-9(10)12/h2*4-7H,1-3H3,(H,13,17). The summed E-state index contributed by atoms with van der Waals surface area (Å²) < 4.78 is 21.8. The van der Waals surface area contributed by atoms with Crippen molar-refractivity contribution in [3.63, 3.8) is 0 Å². The molecule has 0 saturated heterocycles. The lowest BCUT2D eigenvalue weighted by Crippen LogP contribution is -2.22. The van der Waals surface area contributed by atoms with E-state index in [2.05, 4.69) is 10.2 Å². The van der Waals surface area contributed by atoms with Crippen LogP contribution in [0.25, 0.3) is 0 Å². The second-order valence-corrected chi connectivity index (χ2v) is 15.4. The van der Waals surface area contributed by atoms with Gasteiger partial charge in [-0.15, -0.1) is 0 Å². The Hall–Kier alpha value is 0.340. The summed E-state index contributed by atoms with van der Waals surface area (Å²) in [6.07, 6.45) is 0. The third kappa shape index (κ3) is 11.6. The molecule has 0 spiro atoms. The maximum absolute atomic E-state index is 6.01. The van der Waals surface area contributed by atoms with Gasteiger partial charge < -0.3 is 18.1 Å². The van der Waals surface area contributed by atoms with E-state index in [4.69, 9.17) is 88.1 Å². The number of hydrogen-bond acceptors (Lipinski definition) is 6. The van der Waals surface area contributed by atoms with Crippen molar-refractivity contribution in [2.75, 3.05) is 14.2 Å². The normalized spacial score (nSPS) is 14.7. The highest BCUT2D eigenvalue weighted by Gasteiger charge is 2.22. The Morgan fingerprint density at radius 1 is 0.676 bits per heavy atom. The Bertz CT molecular complexity index is 966. The van der Waals surface area contributed by atoms with Crippen LogP contribution in [0.15, 0.2) is 36.4 Å². The molecule has 2 atom stereocenters. The molecule has 0 saturated carbocycles. The molecule has 2 aromatic rings. The lowest BCUT2D eigenvalue weighted by Gasteiger charge is -2.24. The van der Waals surface area contributed by atoms with Crippen molar-refractivity contribution in [2.24, 2.45) is 0 Å². The largest absolute Gasteiger partial charge is 0.431 e. The topological polar surface area (TPSA) is 61.0 Å². The molecule has 34 heavy (non-hydrogen) atoms. The molecule has 2 N–H and O–H groups in total. The van der Waals surface area contributed by atoms with Crippen LogP contribution in [-0.2, 0) is 32.7 Å². The molecule has 2 rings (SSSR count). The molecular weight excluding hydrogens is 600 g/mol. The fraction of sp³-hybridized carbons (Fsp3) is 0.400. The second-order valence-electron chi connectivity index (χ2n) is 7.26. The first-order valence-corrected chi connectivity index (χ1v) is 16.7. The van der Waals surface area contributed by atoms with Gasteiger partial charge in [-0.2, -0.15) is 0 Å². The molecule has 6 nitrogen and oxygen atoms in total. The minimum absolute atomic E-state index is 0.159. The highest BCUT2D eigenvalue weighted by atomic mass is 35.5. The fourth-order valence-electron chi connectivity index (χ4n) is 2.22. The van der Waals surface area contributed by atoms with Crippen LogP contribution in [0.1, 0.15) is 27.7 Å². The summed E-state index contributed by atoms with van der Waals surface area (Å²) in [6.45, 7) is 2.73. The molecule has 0 radical (unpaired) electrons. The summed E-state index contributed by atoms with van der Waals surface area (Å²) in [6, 6.07) is 10.2. The van der Waals surface area contributed by atoms with E-state index in [1.807, 2.05) is 27.7 Å². The van der Waals surface area contributed by atoms with Gasteiger partial charge in [-0.3, -0.25) is 0 Å². The van der Waals surface area contributed by atoms with Crippen molar-refractivity contribution in [1.29, 1.82) is 0 Å². The van der Waals surface area contributed by atoms with Crippen molar-refractivity contribution in [1.82, 2.24) is 10.2 Å². The Morgan fingerprint density at radius 3 is 1.24 bits per heavy atom. The van der Waals surface area contributed by atoms with Gasteiger partial charge in [-0.05, 0) is 87.7 Å². The zero-order valence-corrected chi connectivity index (χ0v) is 25.9. The highest BCUT2D eigenvalue weighted by Crippen LogP contribution is 2.47. The summed E-state index contributed by atoms with van der Waals surface area (Å²) in [5, 5.41) is 8.09. The molecule has 0 aliphatic heterocycles. The van der Waals surface area contributed by atoms with Crippen LogP contribution in [0.5, 0.6) is 11.5 Å². The Kier molecular flexibility index (Phi) is 14.2. The average Bonchev–Trinajstić information content (AvgIpc) is 2.72. The SMILES string of the molecule is COP(=S)(NC(C)C)Oc1ccc(Cl)cc1Cl.COP(=S)(NC(C)C)Oc1ccc(Cl)cc1Cl. The lowest BCUT2D eigenvalue weighted by molar-refractivity contribution is 0.375. The predicted octanol–water partition coefficient (Wildman–Crippen LogP) is 8.48. The van der Waals surface area contributed by atoms with E-state index >= 15 is 0 Å². The predicted molar refractivity (Wildman–Crippen MR) is 153 cm³/mol. The smallest absolute Gasteiger partial charge is 0.312 e. The molecule has 192 valence electrons. The van der Waals surface area contributed by atoms with Crippen LogP contribution in [0.2, 0.25) is 20.1 Å². The Labute approximate surface area is 232 Å². The van der Waals surface area contributed by atoms with Gasteiger partial charge in [0.15, 0.2) is 0 Å². The average molecular weight is 628 g/mol. The van der Waals surface area contributed by atoms with Crippen LogP contribution in [-0.4, -0.2) is 26.3 Å². The zero-order chi connectivity index (χ0) is 26.1. The molecule has 0 heterocycles. The number of nitrogens with one attached hydrogen (secondary N) is 2. The van der Waals surface area contributed by atoms with E-state index in [0.717, 1.165) is 0 Å². The highest BCUT2D eigenvalue weighted by molar-refractivity contribution is 8.09. The van der Waals surface area contributed by atoms with Crippen molar-refractivity contribution < 1.29 is 18.1 Å². The van der Waals surface area contributed by atoms with Crippen LogP contribution in [0, 0.1) is 0 Å². The van der Waals surface area contributed by atoms with E-state index in [0.29, 0.717) is 31.6 Å².